The largest absolute Gasteiger partial charge is 0.465 e. The van der Waals surface area contributed by atoms with Crippen LogP contribution in [0.5, 0.6) is 0 Å². The standard InChI is InChI=1S/C29H42O9/c1-13-19-12-18(26(32)35-9-7-6-8-30)24(36-19)20(13)22-15-10-16(17(11-15)27(33)38-29(3,4)5)23(22)21-14(2)25(31)37-28(21)34/h13-24,30H,6-12H2,1-5H3. The van der Waals surface area contributed by atoms with Crippen molar-refractivity contribution in [3.05, 3.63) is 0 Å². The van der Waals surface area contributed by atoms with Gasteiger partial charge in [0.2, 0.25) is 0 Å². The number of hydrogen-bond donors (Lipinski definition) is 1. The molecule has 3 saturated heterocycles. The van der Waals surface area contributed by atoms with Crippen molar-refractivity contribution in [3.8, 4) is 0 Å². The van der Waals surface area contributed by atoms with E-state index in [0.29, 0.717) is 25.7 Å². The maximum atomic E-state index is 13.2. The van der Waals surface area contributed by atoms with Gasteiger partial charge < -0.3 is 24.1 Å². The molecule has 9 nitrogen and oxygen atoms in total. The SMILES string of the molecule is CC1C(=O)OC(=O)C1C1C2CC(CC2C(=O)OC(C)(C)C)C1C1C(C)C2CC(C(=O)OCCCCO)C1O2. The van der Waals surface area contributed by atoms with E-state index in [9.17, 15) is 19.2 Å². The molecule has 5 fully saturated rings. The molecule has 0 aromatic heterocycles. The van der Waals surface area contributed by atoms with Gasteiger partial charge in [-0.2, -0.15) is 0 Å². The number of unbranched alkanes of at least 4 members (excludes halogenated alkanes) is 1. The number of ether oxygens (including phenoxy) is 4. The van der Waals surface area contributed by atoms with Crippen LogP contribution in [-0.2, 0) is 38.1 Å². The number of esters is 4. The Hall–Kier alpha value is -2.00. The Kier molecular flexibility index (Phi) is 7.39. The molecular weight excluding hydrogens is 492 g/mol. The highest BCUT2D eigenvalue weighted by molar-refractivity contribution is 5.96. The molecule has 3 aliphatic heterocycles. The van der Waals surface area contributed by atoms with Crippen LogP contribution in [0, 0.1) is 59.2 Å². The van der Waals surface area contributed by atoms with Crippen molar-refractivity contribution in [2.75, 3.05) is 13.2 Å². The summed E-state index contributed by atoms with van der Waals surface area (Å²) in [5.74, 6) is -3.23. The van der Waals surface area contributed by atoms with E-state index in [4.69, 9.17) is 24.1 Å². The second-order valence-corrected chi connectivity index (χ2v) is 13.3. The molecule has 212 valence electrons. The highest BCUT2D eigenvalue weighted by Gasteiger charge is 2.68. The summed E-state index contributed by atoms with van der Waals surface area (Å²) in [5.41, 5.74) is -0.610. The van der Waals surface area contributed by atoms with Crippen molar-refractivity contribution < 1.29 is 43.2 Å². The van der Waals surface area contributed by atoms with Crippen molar-refractivity contribution in [3.63, 3.8) is 0 Å². The second kappa shape index (κ2) is 10.2. The van der Waals surface area contributed by atoms with Gasteiger partial charge in [0.1, 0.15) is 5.60 Å². The van der Waals surface area contributed by atoms with E-state index in [2.05, 4.69) is 6.92 Å². The highest BCUT2D eigenvalue weighted by Crippen LogP contribution is 2.66. The molecular formula is C29H42O9. The molecule has 4 bridgehead atoms. The molecule has 2 saturated carbocycles. The molecule has 12 unspecified atom stereocenters. The lowest BCUT2D eigenvalue weighted by molar-refractivity contribution is -0.166. The summed E-state index contributed by atoms with van der Waals surface area (Å²) in [6.07, 6.45) is 2.92. The van der Waals surface area contributed by atoms with Crippen LogP contribution in [0.1, 0.15) is 66.7 Å². The third-order valence-electron chi connectivity index (χ3n) is 9.97. The Morgan fingerprint density at radius 2 is 1.68 bits per heavy atom. The number of carbonyl (C=O) groups excluding carboxylic acids is 4. The minimum absolute atomic E-state index is 0.0269. The summed E-state index contributed by atoms with van der Waals surface area (Å²) in [4.78, 5) is 51.7. The summed E-state index contributed by atoms with van der Waals surface area (Å²) >= 11 is 0. The van der Waals surface area contributed by atoms with Crippen LogP contribution in [0.4, 0.5) is 0 Å². The minimum Gasteiger partial charge on any atom is -0.465 e. The van der Waals surface area contributed by atoms with Crippen LogP contribution >= 0.6 is 0 Å². The van der Waals surface area contributed by atoms with E-state index < -0.39 is 29.4 Å². The normalized spacial score (nSPS) is 43.5. The number of hydrogen-bond acceptors (Lipinski definition) is 9. The Morgan fingerprint density at radius 1 is 0.947 bits per heavy atom. The maximum absolute atomic E-state index is 13.2. The van der Waals surface area contributed by atoms with Crippen molar-refractivity contribution in [2.45, 2.75) is 84.5 Å². The van der Waals surface area contributed by atoms with E-state index >= 15 is 0 Å². The van der Waals surface area contributed by atoms with Crippen LogP contribution in [0.25, 0.3) is 0 Å². The van der Waals surface area contributed by atoms with Crippen LogP contribution in [-0.4, -0.2) is 60.0 Å². The summed E-state index contributed by atoms with van der Waals surface area (Å²) < 4.78 is 22.8. The number of carbonyl (C=O) groups is 4. The fraction of sp³-hybridized carbons (Fsp3) is 0.862. The molecule has 0 amide bonds. The summed E-state index contributed by atoms with van der Waals surface area (Å²) in [6, 6.07) is 0. The van der Waals surface area contributed by atoms with Gasteiger partial charge in [-0.15, -0.1) is 0 Å². The molecule has 9 heteroatoms. The molecule has 5 aliphatic rings. The van der Waals surface area contributed by atoms with E-state index in [1.807, 2.05) is 20.8 Å². The van der Waals surface area contributed by atoms with Gasteiger partial charge in [-0.3, -0.25) is 19.2 Å². The fourth-order valence-electron chi connectivity index (χ4n) is 8.55. The second-order valence-electron chi connectivity index (χ2n) is 13.3. The molecule has 0 aromatic carbocycles. The zero-order chi connectivity index (χ0) is 27.5. The average Bonchev–Trinajstić information content (AvgIpc) is 3.63. The Morgan fingerprint density at radius 3 is 2.29 bits per heavy atom. The van der Waals surface area contributed by atoms with Crippen molar-refractivity contribution in [1.82, 2.24) is 0 Å². The molecule has 1 N–H and O–H groups in total. The average molecular weight is 535 g/mol. The summed E-state index contributed by atoms with van der Waals surface area (Å²) in [7, 11) is 0. The van der Waals surface area contributed by atoms with Gasteiger partial charge in [0.15, 0.2) is 0 Å². The van der Waals surface area contributed by atoms with Gasteiger partial charge in [0.25, 0.3) is 0 Å². The van der Waals surface area contributed by atoms with E-state index in [1.54, 1.807) is 6.92 Å². The molecule has 0 aromatic rings. The minimum atomic E-state index is -0.610. The van der Waals surface area contributed by atoms with Gasteiger partial charge >= 0.3 is 23.9 Å². The molecule has 38 heavy (non-hydrogen) atoms. The molecule has 0 radical (unpaired) electrons. The lowest BCUT2D eigenvalue weighted by Crippen LogP contribution is -2.49. The van der Waals surface area contributed by atoms with E-state index in [-0.39, 0.29) is 84.7 Å². The van der Waals surface area contributed by atoms with Crippen LogP contribution in [0.15, 0.2) is 0 Å². The Bertz CT molecular complexity index is 970. The van der Waals surface area contributed by atoms with Gasteiger partial charge in [-0.25, -0.2) is 0 Å². The zero-order valence-corrected chi connectivity index (χ0v) is 23.1. The monoisotopic (exact) mass is 534 g/mol. The number of fused-ring (bicyclic) bond motifs is 4. The lowest BCUT2D eigenvalue weighted by atomic mass is 9.57. The third kappa shape index (κ3) is 4.67. The first kappa shape index (κ1) is 27.6. The van der Waals surface area contributed by atoms with Gasteiger partial charge in [0, 0.05) is 6.61 Å². The Balaban J connectivity index is 1.41. The van der Waals surface area contributed by atoms with Gasteiger partial charge in [-0.05, 0) is 88.4 Å². The zero-order valence-electron chi connectivity index (χ0n) is 23.1. The van der Waals surface area contributed by atoms with Crippen LogP contribution < -0.4 is 0 Å². The van der Waals surface area contributed by atoms with Crippen LogP contribution in [0.2, 0.25) is 0 Å². The molecule has 12 atom stereocenters. The number of rotatable bonds is 8. The van der Waals surface area contributed by atoms with Crippen LogP contribution in [0.3, 0.4) is 0 Å². The first-order chi connectivity index (χ1) is 17.9. The summed E-state index contributed by atoms with van der Waals surface area (Å²) in [5, 5.41) is 9.00. The van der Waals surface area contributed by atoms with Crippen molar-refractivity contribution >= 4 is 23.9 Å². The number of aliphatic hydroxyl groups excluding tert-OH is 1. The van der Waals surface area contributed by atoms with Crippen molar-refractivity contribution in [1.29, 1.82) is 0 Å². The molecule has 5 rings (SSSR count). The summed E-state index contributed by atoms with van der Waals surface area (Å²) in [6.45, 7) is 9.80. The lowest BCUT2D eigenvalue weighted by Gasteiger charge is -2.45. The predicted molar refractivity (Wildman–Crippen MR) is 133 cm³/mol. The first-order valence-electron chi connectivity index (χ1n) is 14.3. The number of aliphatic hydroxyl groups is 1. The number of cyclic esters (lactones) is 2. The third-order valence-corrected chi connectivity index (χ3v) is 9.97. The van der Waals surface area contributed by atoms with Gasteiger partial charge in [-0.1, -0.05) is 13.8 Å². The predicted octanol–water partition coefficient (Wildman–Crippen LogP) is 2.91. The van der Waals surface area contributed by atoms with Crippen molar-refractivity contribution in [2.24, 2.45) is 59.2 Å². The fourth-order valence-corrected chi connectivity index (χ4v) is 8.55. The molecule has 3 heterocycles. The van der Waals surface area contributed by atoms with Gasteiger partial charge in [0.05, 0.1) is 42.5 Å². The first-order valence-corrected chi connectivity index (χ1v) is 14.3. The quantitative estimate of drug-likeness (QED) is 0.216. The smallest absolute Gasteiger partial charge is 0.317 e. The topological polar surface area (TPSA) is 125 Å². The highest BCUT2D eigenvalue weighted by atomic mass is 16.6. The Labute approximate surface area is 224 Å². The molecule has 2 aliphatic carbocycles. The maximum Gasteiger partial charge on any atom is 0.317 e. The van der Waals surface area contributed by atoms with E-state index in [0.717, 1.165) is 6.42 Å². The molecule has 0 spiro atoms. The van der Waals surface area contributed by atoms with E-state index in [1.165, 1.54) is 0 Å².